The third-order valence-corrected chi connectivity index (χ3v) is 3.27. The van der Waals surface area contributed by atoms with Gasteiger partial charge in [-0.15, -0.1) is 24.0 Å². The van der Waals surface area contributed by atoms with Crippen LogP contribution in [0, 0.1) is 5.92 Å². The van der Waals surface area contributed by atoms with Crippen LogP contribution in [0.5, 0.6) is 0 Å². The summed E-state index contributed by atoms with van der Waals surface area (Å²) < 4.78 is 0. The number of nitrogens with zero attached hydrogens (tertiary/aromatic N) is 1. The lowest BCUT2D eigenvalue weighted by molar-refractivity contribution is 0.573. The smallest absolute Gasteiger partial charge is 0.191 e. The van der Waals surface area contributed by atoms with Gasteiger partial charge in [0.25, 0.3) is 0 Å². The second kappa shape index (κ2) is 8.92. The van der Waals surface area contributed by atoms with E-state index in [-0.39, 0.29) is 24.0 Å². The molecular weight excluding hydrogens is 375 g/mol. The number of halogens is 1. The Morgan fingerprint density at radius 1 is 1.24 bits per heavy atom. The molecule has 0 amide bonds. The summed E-state index contributed by atoms with van der Waals surface area (Å²) in [6.07, 6.45) is 1.15. The molecule has 0 fully saturated rings. The van der Waals surface area contributed by atoms with Crippen LogP contribution in [0.3, 0.4) is 0 Å². The topological polar surface area (TPSA) is 52.2 Å². The first-order chi connectivity index (χ1) is 9.69. The van der Waals surface area contributed by atoms with Crippen molar-refractivity contribution < 1.29 is 0 Å². The van der Waals surface area contributed by atoms with Crippen LogP contribution in [0.4, 0.5) is 0 Å². The van der Waals surface area contributed by atoms with Crippen LogP contribution in [-0.4, -0.2) is 24.5 Å². The van der Waals surface area contributed by atoms with E-state index >= 15 is 0 Å². The van der Waals surface area contributed by atoms with Gasteiger partial charge in [0.05, 0.1) is 6.54 Å². The van der Waals surface area contributed by atoms with E-state index in [2.05, 4.69) is 58.7 Å². The number of H-pyrrole nitrogens is 1. The first-order valence-corrected chi connectivity index (χ1v) is 7.20. The first-order valence-electron chi connectivity index (χ1n) is 7.20. The van der Waals surface area contributed by atoms with Crippen molar-refractivity contribution in [2.75, 3.05) is 13.6 Å². The Balaban J connectivity index is 0.00000220. The lowest BCUT2D eigenvalue weighted by atomic mass is 10.1. The molecule has 116 valence electrons. The fraction of sp³-hybridized carbons (Fsp3) is 0.438. The molecule has 0 spiro atoms. The first kappa shape index (κ1) is 17.8. The standard InChI is InChI=1S/C16H24N4.HI/c1-12(2)8-9-18-16(17-3)19-11-14-10-13-6-4-5-7-15(13)20-14;/h4-7,10,12,20H,8-9,11H2,1-3H3,(H2,17,18,19);1H. The predicted molar refractivity (Wildman–Crippen MR) is 101 cm³/mol. The molecule has 0 saturated carbocycles. The molecule has 0 aliphatic carbocycles. The summed E-state index contributed by atoms with van der Waals surface area (Å²) in [6.45, 7) is 6.14. The number of guanidine groups is 1. The molecule has 2 rings (SSSR count). The van der Waals surface area contributed by atoms with Gasteiger partial charge in [-0.2, -0.15) is 0 Å². The third-order valence-electron chi connectivity index (χ3n) is 3.27. The van der Waals surface area contributed by atoms with Crippen LogP contribution in [0.1, 0.15) is 26.0 Å². The molecular formula is C16H25IN4. The Labute approximate surface area is 143 Å². The molecule has 0 radical (unpaired) electrons. The summed E-state index contributed by atoms with van der Waals surface area (Å²) in [6, 6.07) is 10.5. The lowest BCUT2D eigenvalue weighted by Crippen LogP contribution is -2.37. The summed E-state index contributed by atoms with van der Waals surface area (Å²) >= 11 is 0. The quantitative estimate of drug-likeness (QED) is 0.409. The molecule has 1 aromatic carbocycles. The second-order valence-corrected chi connectivity index (χ2v) is 5.42. The minimum Gasteiger partial charge on any atom is -0.357 e. The number of para-hydroxylation sites is 1. The summed E-state index contributed by atoms with van der Waals surface area (Å²) in [5, 5.41) is 7.90. The fourth-order valence-corrected chi connectivity index (χ4v) is 2.11. The number of fused-ring (bicyclic) bond motifs is 1. The molecule has 1 heterocycles. The number of benzene rings is 1. The molecule has 0 aliphatic heterocycles. The van der Waals surface area contributed by atoms with Crippen LogP contribution in [0.25, 0.3) is 10.9 Å². The molecule has 0 bridgehead atoms. The van der Waals surface area contributed by atoms with Gasteiger partial charge in [0.2, 0.25) is 0 Å². The van der Waals surface area contributed by atoms with Crippen molar-refractivity contribution in [1.29, 1.82) is 0 Å². The monoisotopic (exact) mass is 400 g/mol. The van der Waals surface area contributed by atoms with E-state index in [1.165, 1.54) is 10.9 Å². The number of aromatic amines is 1. The maximum absolute atomic E-state index is 4.23. The molecule has 2 aromatic rings. The molecule has 0 saturated heterocycles. The molecule has 1 aromatic heterocycles. The van der Waals surface area contributed by atoms with E-state index < -0.39 is 0 Å². The molecule has 21 heavy (non-hydrogen) atoms. The highest BCUT2D eigenvalue weighted by Gasteiger charge is 2.02. The van der Waals surface area contributed by atoms with Gasteiger partial charge >= 0.3 is 0 Å². The molecule has 3 N–H and O–H groups in total. The third kappa shape index (κ3) is 5.57. The largest absolute Gasteiger partial charge is 0.357 e. The normalized spacial score (nSPS) is 11.5. The Morgan fingerprint density at radius 2 is 2.00 bits per heavy atom. The Kier molecular flexibility index (Phi) is 7.56. The van der Waals surface area contributed by atoms with E-state index in [4.69, 9.17) is 0 Å². The van der Waals surface area contributed by atoms with E-state index in [9.17, 15) is 0 Å². The highest BCUT2D eigenvalue weighted by molar-refractivity contribution is 14.0. The lowest BCUT2D eigenvalue weighted by Gasteiger charge is -2.12. The minimum atomic E-state index is 0. The molecule has 5 heteroatoms. The zero-order valence-electron chi connectivity index (χ0n) is 12.9. The average molecular weight is 400 g/mol. The molecule has 0 aliphatic rings. The second-order valence-electron chi connectivity index (χ2n) is 5.42. The summed E-state index contributed by atoms with van der Waals surface area (Å²) in [5.41, 5.74) is 2.34. The zero-order valence-corrected chi connectivity index (χ0v) is 15.3. The Bertz CT molecular complexity index is 541. The number of aliphatic imine (C=N–C) groups is 1. The van der Waals surface area contributed by atoms with E-state index in [1.807, 2.05) is 6.07 Å². The maximum atomic E-state index is 4.23. The van der Waals surface area contributed by atoms with Crippen molar-refractivity contribution in [2.45, 2.75) is 26.8 Å². The van der Waals surface area contributed by atoms with Gasteiger partial charge in [0.1, 0.15) is 0 Å². The summed E-state index contributed by atoms with van der Waals surface area (Å²) in [4.78, 5) is 7.64. The SMILES string of the molecule is CN=C(NCCC(C)C)NCc1cc2ccccc2[nH]1.I. The van der Waals surface area contributed by atoms with Crippen molar-refractivity contribution in [3.63, 3.8) is 0 Å². The van der Waals surface area contributed by atoms with E-state index in [1.54, 1.807) is 7.05 Å². The summed E-state index contributed by atoms with van der Waals surface area (Å²) in [7, 11) is 1.80. The van der Waals surface area contributed by atoms with Crippen molar-refractivity contribution in [3.05, 3.63) is 36.0 Å². The van der Waals surface area contributed by atoms with Crippen LogP contribution in [0.15, 0.2) is 35.3 Å². The molecule has 0 atom stereocenters. The molecule has 4 nitrogen and oxygen atoms in total. The van der Waals surface area contributed by atoms with Gasteiger partial charge in [-0.1, -0.05) is 32.0 Å². The van der Waals surface area contributed by atoms with Crippen LogP contribution in [0.2, 0.25) is 0 Å². The highest BCUT2D eigenvalue weighted by Crippen LogP contribution is 2.14. The van der Waals surface area contributed by atoms with Crippen molar-refractivity contribution in [3.8, 4) is 0 Å². The number of hydrogen-bond donors (Lipinski definition) is 3. The van der Waals surface area contributed by atoms with Crippen molar-refractivity contribution in [2.24, 2.45) is 10.9 Å². The number of rotatable bonds is 5. The molecule has 0 unspecified atom stereocenters. The number of hydrogen-bond acceptors (Lipinski definition) is 1. The van der Waals surface area contributed by atoms with E-state index in [0.29, 0.717) is 5.92 Å². The fourth-order valence-electron chi connectivity index (χ4n) is 2.11. The number of aromatic nitrogens is 1. The summed E-state index contributed by atoms with van der Waals surface area (Å²) in [5.74, 6) is 1.55. The van der Waals surface area contributed by atoms with Crippen LogP contribution in [-0.2, 0) is 6.54 Å². The predicted octanol–water partition coefficient (Wildman–Crippen LogP) is 3.50. The van der Waals surface area contributed by atoms with Crippen LogP contribution >= 0.6 is 24.0 Å². The maximum Gasteiger partial charge on any atom is 0.191 e. The van der Waals surface area contributed by atoms with Crippen molar-refractivity contribution >= 4 is 40.8 Å². The van der Waals surface area contributed by atoms with Gasteiger partial charge < -0.3 is 15.6 Å². The Hall–Kier alpha value is -1.24. The average Bonchev–Trinajstić information content (AvgIpc) is 2.85. The zero-order chi connectivity index (χ0) is 14.4. The Morgan fingerprint density at radius 3 is 2.67 bits per heavy atom. The van der Waals surface area contributed by atoms with Gasteiger partial charge in [0.15, 0.2) is 5.96 Å². The van der Waals surface area contributed by atoms with Gasteiger partial charge in [0, 0.05) is 24.8 Å². The van der Waals surface area contributed by atoms with Gasteiger partial charge in [-0.3, -0.25) is 4.99 Å². The van der Waals surface area contributed by atoms with Crippen LogP contribution < -0.4 is 10.6 Å². The van der Waals surface area contributed by atoms with Crippen molar-refractivity contribution in [1.82, 2.24) is 15.6 Å². The highest BCUT2D eigenvalue weighted by atomic mass is 127. The van der Waals surface area contributed by atoms with E-state index in [0.717, 1.165) is 31.2 Å². The number of nitrogens with one attached hydrogen (secondary N) is 3. The van der Waals surface area contributed by atoms with Gasteiger partial charge in [-0.25, -0.2) is 0 Å². The van der Waals surface area contributed by atoms with Gasteiger partial charge in [-0.05, 0) is 29.9 Å². The minimum absolute atomic E-state index is 0.